The lowest BCUT2D eigenvalue weighted by atomic mass is 9.88. The summed E-state index contributed by atoms with van der Waals surface area (Å²) < 4.78 is 15.1. The van der Waals surface area contributed by atoms with Crippen LogP contribution in [0.1, 0.15) is 46.2 Å². The van der Waals surface area contributed by atoms with Crippen LogP contribution in [-0.4, -0.2) is 10.5 Å². The molecule has 122 valence electrons. The average Bonchev–Trinajstić information content (AvgIpc) is 2.76. The zero-order chi connectivity index (χ0) is 16.7. The SMILES string of the molecule is Cc1c2c(c(C(=O)Nc3ccc(F)c(Cl)c3)n1C)CCCC2N. The number of fused-ring (bicyclic) bond motifs is 1. The van der Waals surface area contributed by atoms with Gasteiger partial charge in [0.2, 0.25) is 0 Å². The van der Waals surface area contributed by atoms with Gasteiger partial charge in [-0.3, -0.25) is 4.79 Å². The summed E-state index contributed by atoms with van der Waals surface area (Å²) in [6, 6.07) is 4.11. The first-order chi connectivity index (χ1) is 10.9. The predicted molar refractivity (Wildman–Crippen MR) is 89.4 cm³/mol. The first-order valence-electron chi connectivity index (χ1n) is 7.60. The van der Waals surface area contributed by atoms with E-state index in [4.69, 9.17) is 17.3 Å². The molecule has 1 unspecified atom stereocenters. The molecule has 0 aliphatic heterocycles. The number of nitrogens with zero attached hydrogens (tertiary/aromatic N) is 1. The number of carbonyl (C=O) groups excluding carboxylic acids is 1. The highest BCUT2D eigenvalue weighted by molar-refractivity contribution is 6.31. The van der Waals surface area contributed by atoms with E-state index in [1.54, 1.807) is 0 Å². The molecule has 1 amide bonds. The number of nitrogens with two attached hydrogens (primary N) is 1. The molecule has 1 atom stereocenters. The van der Waals surface area contributed by atoms with Gasteiger partial charge >= 0.3 is 0 Å². The minimum Gasteiger partial charge on any atom is -0.343 e. The highest BCUT2D eigenvalue weighted by atomic mass is 35.5. The third-order valence-corrected chi connectivity index (χ3v) is 4.83. The number of halogens is 2. The van der Waals surface area contributed by atoms with Crippen LogP contribution in [0.15, 0.2) is 18.2 Å². The van der Waals surface area contributed by atoms with E-state index in [0.717, 1.165) is 36.1 Å². The lowest BCUT2D eigenvalue weighted by molar-refractivity contribution is 0.101. The van der Waals surface area contributed by atoms with Crippen molar-refractivity contribution in [2.45, 2.75) is 32.2 Å². The maximum atomic E-state index is 13.2. The van der Waals surface area contributed by atoms with Gasteiger partial charge in [-0.1, -0.05) is 11.6 Å². The average molecular weight is 336 g/mol. The Morgan fingerprint density at radius 1 is 1.48 bits per heavy atom. The van der Waals surface area contributed by atoms with E-state index in [2.05, 4.69) is 5.32 Å². The number of nitrogens with one attached hydrogen (secondary N) is 1. The minimum absolute atomic E-state index is 0.0186. The first kappa shape index (κ1) is 16.0. The number of benzene rings is 1. The van der Waals surface area contributed by atoms with Gasteiger partial charge in [-0.15, -0.1) is 0 Å². The van der Waals surface area contributed by atoms with Crippen LogP contribution >= 0.6 is 11.6 Å². The Morgan fingerprint density at radius 2 is 2.22 bits per heavy atom. The van der Waals surface area contributed by atoms with E-state index in [-0.39, 0.29) is 17.0 Å². The van der Waals surface area contributed by atoms with Crippen molar-refractivity contribution < 1.29 is 9.18 Å². The van der Waals surface area contributed by atoms with E-state index in [1.165, 1.54) is 18.2 Å². The molecule has 0 fully saturated rings. The van der Waals surface area contributed by atoms with E-state index in [0.29, 0.717) is 11.4 Å². The summed E-state index contributed by atoms with van der Waals surface area (Å²) in [6.45, 7) is 1.98. The Hall–Kier alpha value is -1.85. The molecule has 1 aliphatic rings. The summed E-state index contributed by atoms with van der Waals surface area (Å²) in [5, 5.41) is 2.78. The van der Waals surface area contributed by atoms with Crippen LogP contribution in [0.2, 0.25) is 5.02 Å². The monoisotopic (exact) mass is 335 g/mol. The fraction of sp³-hybridized carbons (Fsp3) is 0.353. The largest absolute Gasteiger partial charge is 0.343 e. The number of carbonyl (C=O) groups is 1. The summed E-state index contributed by atoms with van der Waals surface area (Å²) in [5.74, 6) is -0.739. The molecule has 1 aliphatic carbocycles. The van der Waals surface area contributed by atoms with Gasteiger partial charge in [0.05, 0.1) is 5.02 Å². The fourth-order valence-corrected chi connectivity index (χ4v) is 3.52. The van der Waals surface area contributed by atoms with Crippen LogP contribution in [0.3, 0.4) is 0 Å². The Balaban J connectivity index is 1.97. The van der Waals surface area contributed by atoms with Gasteiger partial charge in [0.25, 0.3) is 5.91 Å². The van der Waals surface area contributed by atoms with Gasteiger partial charge in [0, 0.05) is 24.5 Å². The molecule has 0 saturated heterocycles. The molecule has 4 nitrogen and oxygen atoms in total. The van der Waals surface area contributed by atoms with Crippen LogP contribution in [0.4, 0.5) is 10.1 Å². The molecule has 0 radical (unpaired) electrons. The van der Waals surface area contributed by atoms with Crippen molar-refractivity contribution in [3.8, 4) is 0 Å². The van der Waals surface area contributed by atoms with Gasteiger partial charge in [-0.25, -0.2) is 4.39 Å². The normalized spacial score (nSPS) is 17.0. The van der Waals surface area contributed by atoms with Crippen LogP contribution < -0.4 is 11.1 Å². The zero-order valence-electron chi connectivity index (χ0n) is 13.1. The number of rotatable bonds is 2. The lowest BCUT2D eigenvalue weighted by Gasteiger charge is -2.20. The van der Waals surface area contributed by atoms with Gasteiger partial charge < -0.3 is 15.6 Å². The number of hydrogen-bond acceptors (Lipinski definition) is 2. The summed E-state index contributed by atoms with van der Waals surface area (Å²) >= 11 is 5.77. The van der Waals surface area contributed by atoms with E-state index in [1.807, 2.05) is 18.5 Å². The highest BCUT2D eigenvalue weighted by Crippen LogP contribution is 2.35. The van der Waals surface area contributed by atoms with E-state index < -0.39 is 5.82 Å². The molecule has 1 heterocycles. The van der Waals surface area contributed by atoms with Crippen molar-refractivity contribution in [1.82, 2.24) is 4.57 Å². The van der Waals surface area contributed by atoms with Crippen LogP contribution in [0.25, 0.3) is 0 Å². The standard InChI is InChI=1S/C17H19ClFN3O/c1-9-15-11(4-3-5-14(15)20)16(22(9)2)17(23)21-10-6-7-13(19)12(18)8-10/h6-8,14H,3-5,20H2,1-2H3,(H,21,23). The van der Waals surface area contributed by atoms with Crippen molar-refractivity contribution in [3.63, 3.8) is 0 Å². The van der Waals surface area contributed by atoms with Crippen molar-refractivity contribution in [2.75, 3.05) is 5.32 Å². The second-order valence-corrected chi connectivity index (χ2v) is 6.37. The highest BCUT2D eigenvalue weighted by Gasteiger charge is 2.29. The Kier molecular flexibility index (Phi) is 4.17. The summed E-state index contributed by atoms with van der Waals surface area (Å²) in [7, 11) is 1.87. The van der Waals surface area contributed by atoms with E-state index >= 15 is 0 Å². The van der Waals surface area contributed by atoms with Gasteiger partial charge in [-0.05, 0) is 55.5 Å². The fourth-order valence-electron chi connectivity index (χ4n) is 3.34. The Bertz CT molecular complexity index is 785. The lowest BCUT2D eigenvalue weighted by Crippen LogP contribution is -2.20. The molecule has 3 N–H and O–H groups in total. The molecule has 0 bridgehead atoms. The molecule has 3 rings (SSSR count). The van der Waals surface area contributed by atoms with Crippen molar-refractivity contribution >= 4 is 23.2 Å². The smallest absolute Gasteiger partial charge is 0.272 e. The maximum Gasteiger partial charge on any atom is 0.272 e. The topological polar surface area (TPSA) is 60.0 Å². The molecule has 1 aromatic carbocycles. The van der Waals surface area contributed by atoms with Crippen LogP contribution in [-0.2, 0) is 13.5 Å². The number of amides is 1. The minimum atomic E-state index is -0.511. The third-order valence-electron chi connectivity index (χ3n) is 4.54. The second-order valence-electron chi connectivity index (χ2n) is 5.97. The van der Waals surface area contributed by atoms with Gasteiger partial charge in [-0.2, -0.15) is 0 Å². The molecule has 6 heteroatoms. The summed E-state index contributed by atoms with van der Waals surface area (Å²) in [6.07, 6.45) is 2.75. The van der Waals surface area contributed by atoms with Crippen molar-refractivity contribution in [1.29, 1.82) is 0 Å². The molecule has 23 heavy (non-hydrogen) atoms. The molecule has 1 aromatic heterocycles. The van der Waals surface area contributed by atoms with Gasteiger partial charge in [0.1, 0.15) is 11.5 Å². The Morgan fingerprint density at radius 3 is 2.91 bits per heavy atom. The van der Waals surface area contributed by atoms with Gasteiger partial charge in [0.15, 0.2) is 0 Å². The molecule has 2 aromatic rings. The third kappa shape index (κ3) is 2.75. The maximum absolute atomic E-state index is 13.2. The summed E-state index contributed by atoms with van der Waals surface area (Å²) in [5.41, 5.74) is 10.4. The summed E-state index contributed by atoms with van der Waals surface area (Å²) in [4.78, 5) is 12.7. The molecular formula is C17H19ClFN3O. The van der Waals surface area contributed by atoms with Crippen LogP contribution in [0, 0.1) is 12.7 Å². The number of hydrogen-bond donors (Lipinski definition) is 2. The molecule has 0 spiro atoms. The zero-order valence-corrected chi connectivity index (χ0v) is 13.9. The first-order valence-corrected chi connectivity index (χ1v) is 7.98. The van der Waals surface area contributed by atoms with Crippen LogP contribution in [0.5, 0.6) is 0 Å². The second kappa shape index (κ2) is 5.98. The van der Waals surface area contributed by atoms with Crippen molar-refractivity contribution in [2.24, 2.45) is 12.8 Å². The number of aromatic nitrogens is 1. The predicted octanol–water partition coefficient (Wildman–Crippen LogP) is 3.71. The van der Waals surface area contributed by atoms with E-state index in [9.17, 15) is 9.18 Å². The molecular weight excluding hydrogens is 317 g/mol. The quantitative estimate of drug-likeness (QED) is 0.878. The van der Waals surface area contributed by atoms with Crippen molar-refractivity contribution in [3.05, 3.63) is 51.6 Å². The molecule has 0 saturated carbocycles. The number of anilines is 1. The Labute approximate surface area is 139 Å².